The number of fused-ring (bicyclic) bond motifs is 1. The molecule has 136 valence electrons. The number of imidazole rings is 1. The van der Waals surface area contributed by atoms with Crippen LogP contribution in [0.2, 0.25) is 0 Å². The molecular weight excluding hydrogens is 350 g/mol. The number of esters is 1. The third-order valence-electron chi connectivity index (χ3n) is 3.79. The Bertz CT molecular complexity index is 902. The molecular formula is C18H21N5O2S. The quantitative estimate of drug-likeness (QED) is 0.327. The molecule has 8 heteroatoms. The van der Waals surface area contributed by atoms with Crippen LogP contribution in [0.15, 0.2) is 48.4 Å². The topological polar surface area (TPSA) is 74.8 Å². The molecule has 3 aromatic rings. The van der Waals surface area contributed by atoms with Crippen LogP contribution in [0.5, 0.6) is 0 Å². The Kier molecular flexibility index (Phi) is 6.06. The van der Waals surface area contributed by atoms with Crippen molar-refractivity contribution in [2.24, 2.45) is 0 Å². The van der Waals surface area contributed by atoms with Crippen LogP contribution < -0.4 is 0 Å². The van der Waals surface area contributed by atoms with Crippen LogP contribution in [-0.2, 0) is 22.6 Å². The van der Waals surface area contributed by atoms with Crippen molar-refractivity contribution in [2.45, 2.75) is 31.6 Å². The second-order valence-corrected chi connectivity index (χ2v) is 6.62. The Morgan fingerprint density at radius 1 is 1.35 bits per heavy atom. The monoisotopic (exact) mass is 371 g/mol. The van der Waals surface area contributed by atoms with Crippen LogP contribution in [0.4, 0.5) is 0 Å². The normalized spacial score (nSPS) is 11.0. The highest BCUT2D eigenvalue weighted by molar-refractivity contribution is 7.99. The summed E-state index contributed by atoms with van der Waals surface area (Å²) in [5.74, 6) is 1.23. The van der Waals surface area contributed by atoms with Gasteiger partial charge in [-0.25, -0.2) is 4.98 Å². The van der Waals surface area contributed by atoms with Gasteiger partial charge in [-0.05, 0) is 19.1 Å². The van der Waals surface area contributed by atoms with E-state index in [1.54, 1.807) is 6.92 Å². The zero-order valence-electron chi connectivity index (χ0n) is 14.7. The van der Waals surface area contributed by atoms with E-state index in [9.17, 15) is 4.79 Å². The summed E-state index contributed by atoms with van der Waals surface area (Å²) >= 11 is 1.49. The first-order chi connectivity index (χ1) is 12.7. The number of para-hydroxylation sites is 2. The Hall–Kier alpha value is -2.61. The predicted octanol–water partition coefficient (Wildman–Crippen LogP) is 2.91. The number of hydrogen-bond donors (Lipinski definition) is 0. The maximum atomic E-state index is 11.5. The lowest BCUT2D eigenvalue weighted by atomic mass is 10.3. The van der Waals surface area contributed by atoms with Crippen molar-refractivity contribution in [2.75, 3.05) is 12.4 Å². The van der Waals surface area contributed by atoms with Gasteiger partial charge in [-0.3, -0.25) is 4.79 Å². The summed E-state index contributed by atoms with van der Waals surface area (Å²) in [5.41, 5.74) is 2.00. The number of ether oxygens (including phenoxy) is 1. The molecule has 0 amide bonds. The first-order valence-electron chi connectivity index (χ1n) is 8.44. The number of thioether (sulfide) groups is 1. The van der Waals surface area contributed by atoms with E-state index in [1.165, 1.54) is 11.8 Å². The molecule has 0 aliphatic carbocycles. The van der Waals surface area contributed by atoms with E-state index in [2.05, 4.69) is 21.8 Å². The Balaban J connectivity index is 1.74. The summed E-state index contributed by atoms with van der Waals surface area (Å²) in [4.78, 5) is 15.9. The number of allylic oxidation sites excluding steroid dienone is 1. The van der Waals surface area contributed by atoms with Crippen LogP contribution in [0.3, 0.4) is 0 Å². The highest BCUT2D eigenvalue weighted by Crippen LogP contribution is 2.20. The lowest BCUT2D eigenvalue weighted by Gasteiger charge is -2.08. The molecule has 2 aromatic heterocycles. The van der Waals surface area contributed by atoms with E-state index in [0.29, 0.717) is 31.9 Å². The maximum Gasteiger partial charge on any atom is 0.306 e. The molecule has 1 aromatic carbocycles. The van der Waals surface area contributed by atoms with E-state index in [-0.39, 0.29) is 5.97 Å². The van der Waals surface area contributed by atoms with Gasteiger partial charge >= 0.3 is 5.97 Å². The van der Waals surface area contributed by atoms with E-state index < -0.39 is 0 Å². The number of benzene rings is 1. The van der Waals surface area contributed by atoms with Crippen molar-refractivity contribution in [3.05, 3.63) is 49.1 Å². The molecule has 0 bridgehead atoms. The molecule has 7 nitrogen and oxygen atoms in total. The summed E-state index contributed by atoms with van der Waals surface area (Å²) < 4.78 is 9.01. The number of aromatic nitrogens is 5. The zero-order chi connectivity index (χ0) is 18.4. The summed E-state index contributed by atoms with van der Waals surface area (Å²) in [6, 6.07) is 7.98. The van der Waals surface area contributed by atoms with Gasteiger partial charge in [0.2, 0.25) is 0 Å². The molecule has 0 atom stereocenters. The van der Waals surface area contributed by atoms with Crippen LogP contribution in [0.1, 0.15) is 19.2 Å². The predicted molar refractivity (Wildman–Crippen MR) is 101 cm³/mol. The molecule has 0 unspecified atom stereocenters. The lowest BCUT2D eigenvalue weighted by Crippen LogP contribution is -2.09. The molecule has 0 fully saturated rings. The van der Waals surface area contributed by atoms with Gasteiger partial charge in [0, 0.05) is 12.3 Å². The summed E-state index contributed by atoms with van der Waals surface area (Å²) in [7, 11) is 0. The molecule has 0 saturated heterocycles. The number of carbonyl (C=O) groups excluding carboxylic acids is 1. The second kappa shape index (κ2) is 8.66. The van der Waals surface area contributed by atoms with Crippen molar-refractivity contribution in [1.82, 2.24) is 24.3 Å². The lowest BCUT2D eigenvalue weighted by molar-refractivity contribution is -0.142. The van der Waals surface area contributed by atoms with Gasteiger partial charge in [0.05, 0.1) is 36.9 Å². The Morgan fingerprint density at radius 2 is 2.19 bits per heavy atom. The first kappa shape index (κ1) is 18.2. The van der Waals surface area contributed by atoms with Gasteiger partial charge in [0.25, 0.3) is 0 Å². The van der Waals surface area contributed by atoms with Crippen molar-refractivity contribution in [3.63, 3.8) is 0 Å². The van der Waals surface area contributed by atoms with Crippen molar-refractivity contribution >= 4 is 28.8 Å². The average molecular weight is 371 g/mol. The number of carbonyl (C=O) groups is 1. The fraction of sp³-hybridized carbons (Fsp3) is 0.333. The highest BCUT2D eigenvalue weighted by Gasteiger charge is 2.14. The molecule has 3 rings (SSSR count). The summed E-state index contributed by atoms with van der Waals surface area (Å²) in [6.45, 7) is 7.20. The van der Waals surface area contributed by atoms with E-state index in [4.69, 9.17) is 4.74 Å². The fourth-order valence-corrected chi connectivity index (χ4v) is 3.49. The maximum absolute atomic E-state index is 11.5. The number of hydrogen-bond acceptors (Lipinski definition) is 6. The molecule has 0 N–H and O–H groups in total. The van der Waals surface area contributed by atoms with Gasteiger partial charge in [0.1, 0.15) is 0 Å². The van der Waals surface area contributed by atoms with Crippen LogP contribution >= 0.6 is 11.8 Å². The van der Waals surface area contributed by atoms with E-state index >= 15 is 0 Å². The molecule has 0 saturated carbocycles. The fourth-order valence-electron chi connectivity index (χ4n) is 2.60. The molecule has 26 heavy (non-hydrogen) atoms. The Labute approximate surface area is 156 Å². The molecule has 0 radical (unpaired) electrons. The van der Waals surface area contributed by atoms with Crippen molar-refractivity contribution in [1.29, 1.82) is 0 Å². The second-order valence-electron chi connectivity index (χ2n) is 5.56. The smallest absolute Gasteiger partial charge is 0.306 e. The SMILES string of the molecule is C=CCn1c(Cn2cnc3ccccc32)nnc1SCCC(=O)OCC. The highest BCUT2D eigenvalue weighted by atomic mass is 32.2. The van der Waals surface area contributed by atoms with Crippen LogP contribution in [0, 0.1) is 0 Å². The largest absolute Gasteiger partial charge is 0.466 e. The Morgan fingerprint density at radius 3 is 3.00 bits per heavy atom. The number of nitrogens with zero attached hydrogens (tertiary/aromatic N) is 5. The summed E-state index contributed by atoms with van der Waals surface area (Å²) in [5, 5.41) is 9.38. The summed E-state index contributed by atoms with van der Waals surface area (Å²) in [6.07, 6.45) is 3.97. The molecule has 0 spiro atoms. The van der Waals surface area contributed by atoms with Gasteiger partial charge in [-0.1, -0.05) is 30.0 Å². The van der Waals surface area contributed by atoms with Crippen LogP contribution in [0.25, 0.3) is 11.0 Å². The third kappa shape index (κ3) is 4.13. The zero-order valence-corrected chi connectivity index (χ0v) is 15.5. The van der Waals surface area contributed by atoms with Gasteiger partial charge in [-0.15, -0.1) is 16.8 Å². The minimum absolute atomic E-state index is 0.195. The van der Waals surface area contributed by atoms with E-state index in [1.807, 2.05) is 45.8 Å². The standard InChI is InChI=1S/C18H21N5O2S/c1-3-10-23-16(12-22-13-19-14-7-5-6-8-15(14)22)20-21-18(23)26-11-9-17(24)25-4-2/h3,5-8,13H,1,4,9-12H2,2H3. The third-order valence-corrected chi connectivity index (χ3v) is 4.76. The molecule has 0 aliphatic heterocycles. The minimum Gasteiger partial charge on any atom is -0.466 e. The first-order valence-corrected chi connectivity index (χ1v) is 9.42. The average Bonchev–Trinajstić information content (AvgIpc) is 3.21. The molecule has 2 heterocycles. The van der Waals surface area contributed by atoms with Crippen LogP contribution in [-0.4, -0.2) is 42.6 Å². The molecule has 0 aliphatic rings. The van der Waals surface area contributed by atoms with Gasteiger partial charge in [0.15, 0.2) is 11.0 Å². The van der Waals surface area contributed by atoms with Crippen molar-refractivity contribution < 1.29 is 9.53 Å². The van der Waals surface area contributed by atoms with Gasteiger partial charge in [-0.2, -0.15) is 0 Å². The number of rotatable bonds is 9. The van der Waals surface area contributed by atoms with E-state index in [0.717, 1.165) is 22.0 Å². The minimum atomic E-state index is -0.195. The van der Waals surface area contributed by atoms with Gasteiger partial charge < -0.3 is 13.9 Å². The van der Waals surface area contributed by atoms with Crippen molar-refractivity contribution in [3.8, 4) is 0 Å².